The first-order chi connectivity index (χ1) is 9.28. The summed E-state index contributed by atoms with van der Waals surface area (Å²) in [6.45, 7) is 9.67. The molecule has 1 saturated heterocycles. The smallest absolute Gasteiger partial charge is 0.118 e. The fraction of sp³-hybridized carbons (Fsp3) is 0.733. The molecule has 0 aromatic carbocycles. The monoisotopic (exact) mass is 265 g/mol. The van der Waals surface area contributed by atoms with Crippen molar-refractivity contribution in [2.75, 3.05) is 39.8 Å². The number of hydrogen-bond donors (Lipinski definition) is 1. The quantitative estimate of drug-likeness (QED) is 0.778. The molecule has 1 N–H and O–H groups in total. The van der Waals surface area contributed by atoms with Crippen LogP contribution in [0.25, 0.3) is 0 Å². The summed E-state index contributed by atoms with van der Waals surface area (Å²) in [4.78, 5) is 4.89. The van der Waals surface area contributed by atoms with Crippen LogP contribution in [-0.4, -0.2) is 49.6 Å². The number of nitrogens with zero attached hydrogens (tertiary/aromatic N) is 2. The molecule has 0 atom stereocenters. The van der Waals surface area contributed by atoms with E-state index in [0.717, 1.165) is 37.7 Å². The van der Waals surface area contributed by atoms with Crippen LogP contribution in [0.3, 0.4) is 0 Å². The lowest BCUT2D eigenvalue weighted by molar-refractivity contribution is 0.238. The normalized spacial score (nSPS) is 16.6. The van der Waals surface area contributed by atoms with Crippen molar-refractivity contribution in [3.8, 4) is 0 Å². The fourth-order valence-corrected chi connectivity index (χ4v) is 2.51. The zero-order chi connectivity index (χ0) is 13.5. The van der Waals surface area contributed by atoms with Gasteiger partial charge in [0, 0.05) is 13.1 Å². The predicted octanol–water partition coefficient (Wildman–Crippen LogP) is 1.92. The van der Waals surface area contributed by atoms with E-state index in [9.17, 15) is 0 Å². The van der Waals surface area contributed by atoms with Crippen LogP contribution in [0.2, 0.25) is 0 Å². The zero-order valence-electron chi connectivity index (χ0n) is 12.3. The first-order valence-corrected chi connectivity index (χ1v) is 7.47. The minimum absolute atomic E-state index is 0.827. The van der Waals surface area contributed by atoms with Gasteiger partial charge in [0.05, 0.1) is 13.1 Å². The van der Waals surface area contributed by atoms with E-state index < -0.39 is 0 Å². The van der Waals surface area contributed by atoms with Gasteiger partial charge in [-0.25, -0.2) is 0 Å². The van der Waals surface area contributed by atoms with E-state index in [2.05, 4.69) is 41.2 Å². The molecule has 2 heterocycles. The summed E-state index contributed by atoms with van der Waals surface area (Å²) in [6.07, 6.45) is 2.74. The molecule has 4 heteroatoms. The van der Waals surface area contributed by atoms with E-state index in [0.29, 0.717) is 0 Å². The summed E-state index contributed by atoms with van der Waals surface area (Å²) in [5.41, 5.74) is 0. The predicted molar refractivity (Wildman–Crippen MR) is 78.1 cm³/mol. The lowest BCUT2D eigenvalue weighted by Gasteiger charge is -2.20. The molecule has 0 radical (unpaired) electrons. The highest BCUT2D eigenvalue weighted by atomic mass is 16.3. The summed E-state index contributed by atoms with van der Waals surface area (Å²) in [5, 5.41) is 3.28. The second kappa shape index (κ2) is 7.68. The van der Waals surface area contributed by atoms with Crippen molar-refractivity contribution >= 4 is 0 Å². The van der Waals surface area contributed by atoms with E-state index in [1.165, 1.54) is 32.5 Å². The molecular weight excluding hydrogens is 238 g/mol. The molecule has 19 heavy (non-hydrogen) atoms. The van der Waals surface area contributed by atoms with E-state index >= 15 is 0 Å². The third kappa shape index (κ3) is 4.97. The Balaban J connectivity index is 1.68. The summed E-state index contributed by atoms with van der Waals surface area (Å²) < 4.78 is 5.81. The van der Waals surface area contributed by atoms with Gasteiger partial charge < -0.3 is 14.6 Å². The highest BCUT2D eigenvalue weighted by Gasteiger charge is 2.12. The molecule has 0 unspecified atom stereocenters. The molecule has 1 aliphatic heterocycles. The molecule has 1 aromatic heterocycles. The Morgan fingerprint density at radius 3 is 2.74 bits per heavy atom. The minimum atomic E-state index is 0.827. The van der Waals surface area contributed by atoms with Gasteiger partial charge in [0.15, 0.2) is 0 Å². The third-order valence-electron chi connectivity index (χ3n) is 3.69. The van der Waals surface area contributed by atoms with Crippen LogP contribution in [0.1, 0.15) is 31.3 Å². The van der Waals surface area contributed by atoms with Crippen molar-refractivity contribution in [1.29, 1.82) is 0 Å². The van der Waals surface area contributed by atoms with E-state index in [1.54, 1.807) is 0 Å². The maximum atomic E-state index is 5.81. The lowest BCUT2D eigenvalue weighted by atomic mass is 10.4. The molecule has 4 nitrogen and oxygen atoms in total. The second-order valence-corrected chi connectivity index (χ2v) is 5.43. The van der Waals surface area contributed by atoms with Crippen molar-refractivity contribution < 1.29 is 4.42 Å². The standard InChI is InChI=1S/C15H27N3O/c1-3-16-12-14-6-7-15(19-14)13-17(2)10-11-18-8-4-5-9-18/h6-7,16H,3-5,8-13H2,1-2H3. The number of furan rings is 1. The SMILES string of the molecule is CCNCc1ccc(CN(C)CCN2CCCC2)o1. The van der Waals surface area contributed by atoms with Gasteiger partial charge in [0.2, 0.25) is 0 Å². The van der Waals surface area contributed by atoms with Crippen LogP contribution in [0.5, 0.6) is 0 Å². The van der Waals surface area contributed by atoms with Crippen molar-refractivity contribution in [3.63, 3.8) is 0 Å². The van der Waals surface area contributed by atoms with E-state index in [-0.39, 0.29) is 0 Å². The average Bonchev–Trinajstić information content (AvgIpc) is 3.05. The van der Waals surface area contributed by atoms with Gasteiger partial charge in [-0.1, -0.05) is 6.92 Å². The maximum absolute atomic E-state index is 5.81. The van der Waals surface area contributed by atoms with Gasteiger partial charge in [-0.05, 0) is 51.7 Å². The first-order valence-electron chi connectivity index (χ1n) is 7.47. The van der Waals surface area contributed by atoms with Gasteiger partial charge in [-0.2, -0.15) is 0 Å². The van der Waals surface area contributed by atoms with E-state index in [1.807, 2.05) is 0 Å². The fourth-order valence-electron chi connectivity index (χ4n) is 2.51. The van der Waals surface area contributed by atoms with Crippen LogP contribution in [0, 0.1) is 0 Å². The number of nitrogens with one attached hydrogen (secondary N) is 1. The van der Waals surface area contributed by atoms with Gasteiger partial charge in [0.25, 0.3) is 0 Å². The molecule has 0 saturated carbocycles. The van der Waals surface area contributed by atoms with Crippen LogP contribution in [0.4, 0.5) is 0 Å². The van der Waals surface area contributed by atoms with Crippen molar-refractivity contribution in [2.45, 2.75) is 32.9 Å². The summed E-state index contributed by atoms with van der Waals surface area (Å²) >= 11 is 0. The molecule has 0 amide bonds. The Morgan fingerprint density at radius 2 is 2.00 bits per heavy atom. The molecule has 1 fully saturated rings. The number of hydrogen-bond acceptors (Lipinski definition) is 4. The summed E-state index contributed by atoms with van der Waals surface area (Å²) in [5.74, 6) is 2.10. The lowest BCUT2D eigenvalue weighted by Crippen LogP contribution is -2.31. The Morgan fingerprint density at radius 1 is 1.26 bits per heavy atom. The minimum Gasteiger partial charge on any atom is -0.463 e. The van der Waals surface area contributed by atoms with Crippen molar-refractivity contribution in [3.05, 3.63) is 23.7 Å². The van der Waals surface area contributed by atoms with Gasteiger partial charge >= 0.3 is 0 Å². The van der Waals surface area contributed by atoms with Crippen LogP contribution < -0.4 is 5.32 Å². The number of rotatable bonds is 8. The Kier molecular flexibility index (Phi) is 5.89. The second-order valence-electron chi connectivity index (χ2n) is 5.43. The Labute approximate surface area is 116 Å². The molecule has 1 aliphatic rings. The van der Waals surface area contributed by atoms with Crippen LogP contribution in [0.15, 0.2) is 16.5 Å². The summed E-state index contributed by atoms with van der Waals surface area (Å²) in [7, 11) is 2.17. The molecule has 0 bridgehead atoms. The topological polar surface area (TPSA) is 31.6 Å². The van der Waals surface area contributed by atoms with Crippen LogP contribution >= 0.6 is 0 Å². The van der Waals surface area contributed by atoms with Crippen molar-refractivity contribution in [1.82, 2.24) is 15.1 Å². The number of likely N-dealkylation sites (tertiary alicyclic amines) is 1. The largest absolute Gasteiger partial charge is 0.463 e. The maximum Gasteiger partial charge on any atom is 0.118 e. The molecule has 0 aliphatic carbocycles. The first kappa shape index (κ1) is 14.6. The highest BCUT2D eigenvalue weighted by molar-refractivity contribution is 5.06. The zero-order valence-corrected chi connectivity index (χ0v) is 12.3. The summed E-state index contributed by atoms with van der Waals surface area (Å²) in [6, 6.07) is 4.17. The Bertz CT molecular complexity index is 358. The van der Waals surface area contributed by atoms with Gasteiger partial charge in [0.1, 0.15) is 11.5 Å². The highest BCUT2D eigenvalue weighted by Crippen LogP contribution is 2.11. The van der Waals surface area contributed by atoms with Crippen LogP contribution in [-0.2, 0) is 13.1 Å². The molecular formula is C15H27N3O. The average molecular weight is 265 g/mol. The molecule has 1 aromatic rings. The molecule has 108 valence electrons. The van der Waals surface area contributed by atoms with Gasteiger partial charge in [-0.15, -0.1) is 0 Å². The van der Waals surface area contributed by atoms with Crippen molar-refractivity contribution in [2.24, 2.45) is 0 Å². The molecule has 2 rings (SSSR count). The number of likely N-dealkylation sites (N-methyl/N-ethyl adjacent to an activating group) is 1. The van der Waals surface area contributed by atoms with E-state index in [4.69, 9.17) is 4.42 Å². The van der Waals surface area contributed by atoms with Gasteiger partial charge in [-0.3, -0.25) is 4.90 Å². The third-order valence-corrected chi connectivity index (χ3v) is 3.69. The Hall–Kier alpha value is -0.840. The molecule has 0 spiro atoms.